The van der Waals surface area contributed by atoms with Gasteiger partial charge in [-0.05, 0) is 53.2 Å². The second-order valence-electron chi connectivity index (χ2n) is 4.26. The second kappa shape index (κ2) is 6.99. The van der Waals surface area contributed by atoms with E-state index in [1.165, 1.54) is 0 Å². The number of carbonyl (C=O) groups excluding carboxylic acids is 2. The summed E-state index contributed by atoms with van der Waals surface area (Å²) >= 11 is 3.26. The highest BCUT2D eigenvalue weighted by Crippen LogP contribution is 2.13. The number of nitrogens with zero attached hydrogens (tertiary/aromatic N) is 1. The molecule has 2 N–H and O–H groups in total. The highest BCUT2D eigenvalue weighted by Gasteiger charge is 2.09. The minimum atomic E-state index is -0.324. The van der Waals surface area contributed by atoms with Gasteiger partial charge in [0.15, 0.2) is 0 Å². The molecule has 1 aromatic heterocycles. The third kappa shape index (κ3) is 4.13. The number of rotatable bonds is 4. The summed E-state index contributed by atoms with van der Waals surface area (Å²) in [5, 5.41) is 5.43. The summed E-state index contributed by atoms with van der Waals surface area (Å²) in [6.07, 6.45) is 1.56. The third-order valence-corrected chi connectivity index (χ3v) is 3.15. The average molecular weight is 348 g/mol. The summed E-state index contributed by atoms with van der Waals surface area (Å²) in [4.78, 5) is 27.8. The van der Waals surface area contributed by atoms with Gasteiger partial charge >= 0.3 is 0 Å². The lowest BCUT2D eigenvalue weighted by molar-refractivity contribution is 0.0954. The van der Waals surface area contributed by atoms with Crippen LogP contribution in [-0.2, 0) is 0 Å². The molecule has 0 aliphatic heterocycles. The zero-order chi connectivity index (χ0) is 15.2. The maximum Gasteiger partial charge on any atom is 0.274 e. The normalized spacial score (nSPS) is 10.0. The van der Waals surface area contributed by atoms with Gasteiger partial charge in [-0.2, -0.15) is 0 Å². The van der Waals surface area contributed by atoms with Gasteiger partial charge in [0, 0.05) is 28.5 Å². The van der Waals surface area contributed by atoms with Crippen molar-refractivity contribution in [3.63, 3.8) is 0 Å². The summed E-state index contributed by atoms with van der Waals surface area (Å²) in [5.74, 6) is -0.495. The molecule has 2 aromatic rings. The maximum atomic E-state index is 12.0. The van der Waals surface area contributed by atoms with Crippen LogP contribution in [0.3, 0.4) is 0 Å². The number of carbonyl (C=O) groups is 2. The molecule has 0 saturated carbocycles. The first-order valence-electron chi connectivity index (χ1n) is 6.41. The lowest BCUT2D eigenvalue weighted by atomic mass is 10.2. The minimum Gasteiger partial charge on any atom is -0.352 e. The Balaban J connectivity index is 2.12. The van der Waals surface area contributed by atoms with Crippen LogP contribution in [0, 0.1) is 0 Å². The van der Waals surface area contributed by atoms with E-state index in [1.807, 2.05) is 6.92 Å². The van der Waals surface area contributed by atoms with Crippen LogP contribution in [0.2, 0.25) is 0 Å². The van der Waals surface area contributed by atoms with Gasteiger partial charge in [-0.1, -0.05) is 6.07 Å². The molecule has 0 bridgehead atoms. The van der Waals surface area contributed by atoms with Crippen LogP contribution in [0.4, 0.5) is 5.69 Å². The van der Waals surface area contributed by atoms with Crippen LogP contribution in [0.5, 0.6) is 0 Å². The van der Waals surface area contributed by atoms with Crippen molar-refractivity contribution < 1.29 is 9.59 Å². The van der Waals surface area contributed by atoms with E-state index in [4.69, 9.17) is 0 Å². The predicted octanol–water partition coefficient (Wildman–Crippen LogP) is 2.85. The molecule has 2 amide bonds. The van der Waals surface area contributed by atoms with Crippen molar-refractivity contribution in [1.82, 2.24) is 10.3 Å². The van der Waals surface area contributed by atoms with Crippen molar-refractivity contribution in [2.75, 3.05) is 11.9 Å². The Morgan fingerprint density at radius 1 is 1.19 bits per heavy atom. The van der Waals surface area contributed by atoms with Gasteiger partial charge in [-0.25, -0.2) is 4.98 Å². The molecule has 0 spiro atoms. The Hall–Kier alpha value is -2.21. The van der Waals surface area contributed by atoms with Crippen LogP contribution in [0.25, 0.3) is 0 Å². The monoisotopic (exact) mass is 347 g/mol. The first-order chi connectivity index (χ1) is 10.1. The number of halogens is 1. The Morgan fingerprint density at radius 3 is 2.67 bits per heavy atom. The molecule has 0 saturated heterocycles. The summed E-state index contributed by atoms with van der Waals surface area (Å²) in [6, 6.07) is 10.1. The summed E-state index contributed by atoms with van der Waals surface area (Å²) in [7, 11) is 0. The van der Waals surface area contributed by atoms with E-state index in [2.05, 4.69) is 31.5 Å². The lowest BCUT2D eigenvalue weighted by Gasteiger charge is -2.07. The molecular weight excluding hydrogens is 334 g/mol. The molecule has 1 heterocycles. The molecule has 0 radical (unpaired) electrons. The molecule has 0 atom stereocenters. The molecule has 108 valence electrons. The topological polar surface area (TPSA) is 71.1 Å². The molecule has 1 aromatic carbocycles. The number of nitrogens with one attached hydrogen (secondary N) is 2. The van der Waals surface area contributed by atoms with E-state index in [-0.39, 0.29) is 11.8 Å². The van der Waals surface area contributed by atoms with Crippen LogP contribution in [-0.4, -0.2) is 23.3 Å². The zero-order valence-electron chi connectivity index (χ0n) is 11.4. The Labute approximate surface area is 130 Å². The van der Waals surface area contributed by atoms with E-state index in [0.29, 0.717) is 23.5 Å². The molecule has 0 aliphatic carbocycles. The van der Waals surface area contributed by atoms with Crippen molar-refractivity contribution in [3.8, 4) is 0 Å². The van der Waals surface area contributed by atoms with Gasteiger partial charge in [0.1, 0.15) is 5.69 Å². The lowest BCUT2D eigenvalue weighted by Crippen LogP contribution is -2.22. The minimum absolute atomic E-state index is 0.171. The number of pyridine rings is 1. The number of hydrogen-bond donors (Lipinski definition) is 2. The number of aromatic nitrogens is 1. The van der Waals surface area contributed by atoms with Crippen molar-refractivity contribution in [2.45, 2.75) is 6.92 Å². The SMILES string of the molecule is CCNC(=O)c1cccc(NC(=O)c2ccc(Br)cn2)c1. The molecule has 0 unspecified atom stereocenters. The van der Waals surface area contributed by atoms with E-state index in [9.17, 15) is 9.59 Å². The standard InChI is InChI=1S/C15H14BrN3O2/c1-2-17-14(20)10-4-3-5-12(8-10)19-15(21)13-7-6-11(16)9-18-13/h3-9H,2H2,1H3,(H,17,20)(H,19,21). The smallest absolute Gasteiger partial charge is 0.274 e. The van der Waals surface area contributed by atoms with Crippen LogP contribution in [0.1, 0.15) is 27.8 Å². The van der Waals surface area contributed by atoms with Crippen LogP contribution < -0.4 is 10.6 Å². The van der Waals surface area contributed by atoms with Gasteiger partial charge < -0.3 is 10.6 Å². The van der Waals surface area contributed by atoms with Gasteiger partial charge in [-0.3, -0.25) is 9.59 Å². The third-order valence-electron chi connectivity index (χ3n) is 2.68. The summed E-state index contributed by atoms with van der Waals surface area (Å²) in [6.45, 7) is 2.40. The molecule has 21 heavy (non-hydrogen) atoms. The molecule has 6 heteroatoms. The van der Waals surface area contributed by atoms with E-state index >= 15 is 0 Å². The summed E-state index contributed by atoms with van der Waals surface area (Å²) < 4.78 is 0.803. The first kappa shape index (κ1) is 15.2. The van der Waals surface area contributed by atoms with Gasteiger partial charge in [0.05, 0.1) is 0 Å². The zero-order valence-corrected chi connectivity index (χ0v) is 13.0. The van der Waals surface area contributed by atoms with E-state index < -0.39 is 0 Å². The number of benzene rings is 1. The summed E-state index contributed by atoms with van der Waals surface area (Å²) in [5.41, 5.74) is 1.36. The van der Waals surface area contributed by atoms with Crippen molar-refractivity contribution >= 4 is 33.4 Å². The Morgan fingerprint density at radius 2 is 2.00 bits per heavy atom. The quantitative estimate of drug-likeness (QED) is 0.893. The molecule has 5 nitrogen and oxygen atoms in total. The Bertz CT molecular complexity index is 656. The molecule has 0 aliphatic rings. The molecular formula is C15H14BrN3O2. The van der Waals surface area contributed by atoms with Crippen molar-refractivity contribution in [3.05, 3.63) is 58.3 Å². The average Bonchev–Trinajstić information content (AvgIpc) is 2.48. The predicted molar refractivity (Wildman–Crippen MR) is 84.3 cm³/mol. The maximum absolute atomic E-state index is 12.0. The van der Waals surface area contributed by atoms with E-state index in [0.717, 1.165) is 4.47 Å². The second-order valence-corrected chi connectivity index (χ2v) is 5.17. The van der Waals surface area contributed by atoms with E-state index in [1.54, 1.807) is 42.6 Å². The van der Waals surface area contributed by atoms with Gasteiger partial charge in [0.2, 0.25) is 0 Å². The van der Waals surface area contributed by atoms with Gasteiger partial charge in [-0.15, -0.1) is 0 Å². The van der Waals surface area contributed by atoms with Crippen LogP contribution in [0.15, 0.2) is 47.1 Å². The highest BCUT2D eigenvalue weighted by molar-refractivity contribution is 9.10. The highest BCUT2D eigenvalue weighted by atomic mass is 79.9. The van der Waals surface area contributed by atoms with Crippen molar-refractivity contribution in [2.24, 2.45) is 0 Å². The largest absolute Gasteiger partial charge is 0.352 e. The first-order valence-corrected chi connectivity index (χ1v) is 7.20. The van der Waals surface area contributed by atoms with Crippen LogP contribution >= 0.6 is 15.9 Å². The fourth-order valence-electron chi connectivity index (χ4n) is 1.71. The number of anilines is 1. The number of amides is 2. The van der Waals surface area contributed by atoms with Gasteiger partial charge in [0.25, 0.3) is 11.8 Å². The molecule has 2 rings (SSSR count). The fourth-order valence-corrected chi connectivity index (χ4v) is 1.94. The Kier molecular flexibility index (Phi) is 5.05. The number of hydrogen-bond acceptors (Lipinski definition) is 3. The van der Waals surface area contributed by atoms with Crippen molar-refractivity contribution in [1.29, 1.82) is 0 Å². The fraction of sp³-hybridized carbons (Fsp3) is 0.133. The molecule has 0 fully saturated rings.